The maximum Gasteiger partial charge on any atom is 0.200 e. The van der Waals surface area contributed by atoms with E-state index in [1.54, 1.807) is 12.1 Å². The molecule has 114 valence electrons. The lowest BCUT2D eigenvalue weighted by atomic mass is 10.2. The highest BCUT2D eigenvalue weighted by Crippen LogP contribution is 2.20. The highest BCUT2D eigenvalue weighted by Gasteiger charge is 2.11. The van der Waals surface area contributed by atoms with Gasteiger partial charge in [-0.15, -0.1) is 14.8 Å². The largest absolute Gasteiger partial charge is 0.494 e. The summed E-state index contributed by atoms with van der Waals surface area (Å²) in [5.74, 6) is 0.582. The van der Waals surface area contributed by atoms with Crippen LogP contribution in [0.1, 0.15) is 12.5 Å². The minimum atomic E-state index is -0.375. The van der Waals surface area contributed by atoms with Gasteiger partial charge < -0.3 is 9.64 Å². The first-order valence-electron chi connectivity index (χ1n) is 6.84. The first-order chi connectivity index (χ1) is 10.7. The van der Waals surface area contributed by atoms with Crippen molar-refractivity contribution >= 4 is 11.5 Å². The Morgan fingerprint density at radius 3 is 2.86 bits per heavy atom. The number of hydrogen-bond acceptors (Lipinski definition) is 6. The van der Waals surface area contributed by atoms with Gasteiger partial charge in [-0.1, -0.05) is 6.07 Å². The zero-order valence-corrected chi connectivity index (χ0v) is 12.3. The van der Waals surface area contributed by atoms with E-state index in [9.17, 15) is 4.39 Å². The van der Waals surface area contributed by atoms with E-state index in [0.717, 1.165) is 11.4 Å². The Balaban J connectivity index is 1.86. The lowest BCUT2D eigenvalue weighted by Crippen LogP contribution is -2.24. The van der Waals surface area contributed by atoms with E-state index < -0.39 is 0 Å². The third-order valence-corrected chi connectivity index (χ3v) is 3.35. The summed E-state index contributed by atoms with van der Waals surface area (Å²) in [6.07, 6.45) is 0. The fourth-order valence-corrected chi connectivity index (χ4v) is 2.19. The van der Waals surface area contributed by atoms with Gasteiger partial charge in [-0.2, -0.15) is 0 Å². The van der Waals surface area contributed by atoms with Crippen molar-refractivity contribution in [2.24, 2.45) is 0 Å². The number of benzene rings is 1. The lowest BCUT2D eigenvalue weighted by molar-refractivity contribution is 0.386. The van der Waals surface area contributed by atoms with Gasteiger partial charge in [-0.3, -0.25) is 0 Å². The Kier molecular flexibility index (Phi) is 3.82. The van der Waals surface area contributed by atoms with Gasteiger partial charge in [0.25, 0.3) is 0 Å². The maximum absolute atomic E-state index is 13.8. The van der Waals surface area contributed by atoms with Gasteiger partial charge in [0.05, 0.1) is 7.11 Å². The Bertz CT molecular complexity index is 790. The summed E-state index contributed by atoms with van der Waals surface area (Å²) in [4.78, 5) is 2.00. The van der Waals surface area contributed by atoms with Gasteiger partial charge in [-0.05, 0) is 47.2 Å². The SMILES string of the molecule is CCN(Cc1ccc(OC)c(F)c1)c1ccc2nnnn2n1. The van der Waals surface area contributed by atoms with Crippen LogP contribution in [0.5, 0.6) is 5.75 Å². The van der Waals surface area contributed by atoms with Gasteiger partial charge in [0, 0.05) is 13.1 Å². The number of nitrogens with zero attached hydrogens (tertiary/aromatic N) is 6. The molecule has 0 amide bonds. The normalized spacial score (nSPS) is 10.9. The highest BCUT2D eigenvalue weighted by molar-refractivity contribution is 5.45. The summed E-state index contributed by atoms with van der Waals surface area (Å²) in [6.45, 7) is 3.25. The third kappa shape index (κ3) is 2.67. The summed E-state index contributed by atoms with van der Waals surface area (Å²) in [5.41, 5.74) is 1.41. The summed E-state index contributed by atoms with van der Waals surface area (Å²) >= 11 is 0. The number of ether oxygens (including phenoxy) is 1. The van der Waals surface area contributed by atoms with E-state index in [2.05, 4.69) is 20.6 Å². The van der Waals surface area contributed by atoms with Crippen LogP contribution in [-0.4, -0.2) is 38.9 Å². The predicted molar refractivity (Wildman–Crippen MR) is 78.3 cm³/mol. The quantitative estimate of drug-likeness (QED) is 0.714. The molecule has 0 saturated carbocycles. The van der Waals surface area contributed by atoms with Crippen LogP contribution >= 0.6 is 0 Å². The average Bonchev–Trinajstić information content (AvgIpc) is 3.00. The van der Waals surface area contributed by atoms with Gasteiger partial charge in [0.15, 0.2) is 23.0 Å². The van der Waals surface area contributed by atoms with Crippen LogP contribution in [0.25, 0.3) is 5.65 Å². The smallest absolute Gasteiger partial charge is 0.200 e. The zero-order chi connectivity index (χ0) is 15.5. The highest BCUT2D eigenvalue weighted by atomic mass is 19.1. The minimum Gasteiger partial charge on any atom is -0.494 e. The van der Waals surface area contributed by atoms with Crippen LogP contribution in [0.2, 0.25) is 0 Å². The summed E-state index contributed by atoms with van der Waals surface area (Å²) in [6, 6.07) is 8.56. The molecule has 3 aromatic rings. The molecular formula is C14H15FN6O. The molecule has 8 heteroatoms. The van der Waals surface area contributed by atoms with Gasteiger partial charge >= 0.3 is 0 Å². The van der Waals surface area contributed by atoms with E-state index in [0.29, 0.717) is 18.7 Å². The number of aromatic nitrogens is 5. The van der Waals surface area contributed by atoms with E-state index in [-0.39, 0.29) is 11.6 Å². The molecule has 2 aromatic heterocycles. The van der Waals surface area contributed by atoms with Crippen molar-refractivity contribution in [2.75, 3.05) is 18.6 Å². The zero-order valence-electron chi connectivity index (χ0n) is 12.3. The molecule has 3 rings (SSSR count). The molecule has 0 aliphatic rings. The van der Waals surface area contributed by atoms with Crippen molar-refractivity contribution in [3.8, 4) is 5.75 Å². The fourth-order valence-electron chi connectivity index (χ4n) is 2.19. The molecule has 2 heterocycles. The number of methoxy groups -OCH3 is 1. The molecule has 7 nitrogen and oxygen atoms in total. The summed E-state index contributed by atoms with van der Waals surface area (Å²) < 4.78 is 20.1. The number of rotatable bonds is 5. The van der Waals surface area contributed by atoms with Crippen molar-refractivity contribution in [1.29, 1.82) is 0 Å². The maximum atomic E-state index is 13.8. The molecule has 0 fully saturated rings. The first-order valence-corrected chi connectivity index (χ1v) is 6.84. The molecule has 0 aliphatic heterocycles. The molecule has 0 N–H and O–H groups in total. The van der Waals surface area contributed by atoms with Crippen molar-refractivity contribution in [3.63, 3.8) is 0 Å². The molecule has 0 unspecified atom stereocenters. The summed E-state index contributed by atoms with van der Waals surface area (Å²) in [5, 5.41) is 15.5. The van der Waals surface area contributed by atoms with Gasteiger partial charge in [-0.25, -0.2) is 4.39 Å². The van der Waals surface area contributed by atoms with E-state index in [4.69, 9.17) is 4.74 Å². The minimum absolute atomic E-state index is 0.236. The Hall–Kier alpha value is -2.77. The van der Waals surface area contributed by atoms with Crippen LogP contribution in [0, 0.1) is 5.82 Å². The Morgan fingerprint density at radius 1 is 1.27 bits per heavy atom. The van der Waals surface area contributed by atoms with E-state index in [1.807, 2.05) is 24.0 Å². The fraction of sp³-hybridized carbons (Fsp3) is 0.286. The topological polar surface area (TPSA) is 68.4 Å². The second-order valence-corrected chi connectivity index (χ2v) is 4.70. The molecule has 0 aliphatic carbocycles. The molecule has 0 atom stereocenters. The molecule has 0 bridgehead atoms. The monoisotopic (exact) mass is 302 g/mol. The molecule has 22 heavy (non-hydrogen) atoms. The number of hydrogen-bond donors (Lipinski definition) is 0. The van der Waals surface area contributed by atoms with Crippen molar-refractivity contribution in [1.82, 2.24) is 25.3 Å². The second kappa shape index (κ2) is 5.92. The number of tetrazole rings is 1. The van der Waals surface area contributed by atoms with Crippen LogP contribution in [0.15, 0.2) is 30.3 Å². The average molecular weight is 302 g/mol. The van der Waals surface area contributed by atoms with Crippen LogP contribution in [0.4, 0.5) is 10.2 Å². The number of anilines is 1. The Morgan fingerprint density at radius 2 is 2.14 bits per heavy atom. The van der Waals surface area contributed by atoms with E-state index >= 15 is 0 Å². The molecular weight excluding hydrogens is 287 g/mol. The number of halogens is 1. The third-order valence-electron chi connectivity index (χ3n) is 3.35. The Labute approximate surface area is 126 Å². The number of fused-ring (bicyclic) bond motifs is 1. The second-order valence-electron chi connectivity index (χ2n) is 4.70. The molecule has 0 saturated heterocycles. The van der Waals surface area contributed by atoms with Crippen LogP contribution < -0.4 is 9.64 Å². The van der Waals surface area contributed by atoms with Crippen LogP contribution in [0.3, 0.4) is 0 Å². The standard InChI is InChI=1S/C14H15FN6O/c1-3-20(9-10-4-5-12(22-2)11(15)8-10)14-7-6-13-16-18-19-21(13)17-14/h4-8H,3,9H2,1-2H3. The van der Waals surface area contributed by atoms with E-state index in [1.165, 1.54) is 17.8 Å². The molecule has 1 aromatic carbocycles. The van der Waals surface area contributed by atoms with Gasteiger partial charge in [0.2, 0.25) is 0 Å². The van der Waals surface area contributed by atoms with Crippen molar-refractivity contribution in [3.05, 3.63) is 41.7 Å². The van der Waals surface area contributed by atoms with Crippen LogP contribution in [-0.2, 0) is 6.54 Å². The van der Waals surface area contributed by atoms with Gasteiger partial charge in [0.1, 0.15) is 0 Å². The summed E-state index contributed by atoms with van der Waals surface area (Å²) in [7, 11) is 1.45. The molecule has 0 radical (unpaired) electrons. The van der Waals surface area contributed by atoms with Crippen molar-refractivity contribution < 1.29 is 9.13 Å². The predicted octanol–water partition coefficient (Wildman–Crippen LogP) is 1.69. The molecule has 0 spiro atoms. The lowest BCUT2D eigenvalue weighted by Gasteiger charge is -2.21. The first kappa shape index (κ1) is 14.2. The van der Waals surface area contributed by atoms with Crippen molar-refractivity contribution in [2.45, 2.75) is 13.5 Å².